The average Bonchev–Trinajstić information content (AvgIpc) is 3.38. The van der Waals surface area contributed by atoms with Crippen LogP contribution in [-0.4, -0.2) is 40.6 Å². The number of thiazole rings is 1. The zero-order valence-corrected chi connectivity index (χ0v) is 18.8. The number of aryl methyl sites for hydroxylation is 3. The van der Waals surface area contributed by atoms with Gasteiger partial charge in [-0.15, -0.1) is 11.3 Å². The largest absolute Gasteiger partial charge is 0.306 e. The molecule has 1 amide bonds. The number of anilines is 1. The number of aromatic nitrogens is 3. The molecule has 0 unspecified atom stereocenters. The zero-order valence-electron chi connectivity index (χ0n) is 17.2. The number of hydrogen-bond acceptors (Lipinski definition) is 6. The van der Waals surface area contributed by atoms with Crippen molar-refractivity contribution in [3.8, 4) is 10.6 Å². The molecular formula is C21H24N4O3S2. The monoisotopic (exact) mass is 444 g/mol. The first-order valence-electron chi connectivity index (χ1n) is 9.90. The summed E-state index contributed by atoms with van der Waals surface area (Å²) in [6.45, 7) is 5.76. The van der Waals surface area contributed by atoms with Gasteiger partial charge in [0.1, 0.15) is 15.7 Å². The number of hydrogen-bond donors (Lipinski definition) is 1. The number of nitrogens with zero attached hydrogens (tertiary/aromatic N) is 3. The van der Waals surface area contributed by atoms with Crippen LogP contribution in [-0.2, 0) is 16.3 Å². The van der Waals surface area contributed by atoms with Crippen LogP contribution in [0.4, 0.5) is 5.82 Å². The van der Waals surface area contributed by atoms with Crippen LogP contribution < -0.4 is 5.32 Å². The van der Waals surface area contributed by atoms with Gasteiger partial charge in [0.05, 0.1) is 28.9 Å². The third-order valence-electron chi connectivity index (χ3n) is 5.27. The number of rotatable bonds is 5. The van der Waals surface area contributed by atoms with Crippen molar-refractivity contribution in [2.24, 2.45) is 0 Å². The van der Waals surface area contributed by atoms with E-state index in [2.05, 4.69) is 34.5 Å². The molecule has 4 rings (SSSR count). The summed E-state index contributed by atoms with van der Waals surface area (Å²) in [5.74, 6) is 0.455. The van der Waals surface area contributed by atoms with Crippen molar-refractivity contribution in [2.75, 3.05) is 16.8 Å². The Hall–Kier alpha value is -2.52. The fourth-order valence-electron chi connectivity index (χ4n) is 3.64. The maximum Gasteiger partial charge on any atom is 0.268 e. The second-order valence-corrected chi connectivity index (χ2v) is 10.8. The molecule has 3 heterocycles. The molecule has 7 nitrogen and oxygen atoms in total. The Bertz CT molecular complexity index is 1190. The van der Waals surface area contributed by atoms with E-state index in [0.717, 1.165) is 22.7 Å². The molecule has 2 aromatic heterocycles. The van der Waals surface area contributed by atoms with Crippen molar-refractivity contribution in [1.29, 1.82) is 0 Å². The fourth-order valence-corrected chi connectivity index (χ4v) is 6.30. The Morgan fingerprint density at radius 1 is 1.27 bits per heavy atom. The lowest BCUT2D eigenvalue weighted by atomic mass is 10.1. The van der Waals surface area contributed by atoms with Crippen LogP contribution in [0.2, 0.25) is 0 Å². The second kappa shape index (κ2) is 7.96. The lowest BCUT2D eigenvalue weighted by molar-refractivity contribution is 0.102. The maximum atomic E-state index is 13.0. The van der Waals surface area contributed by atoms with Gasteiger partial charge in [-0.25, -0.2) is 18.1 Å². The molecule has 1 aromatic carbocycles. The first-order chi connectivity index (χ1) is 14.3. The lowest BCUT2D eigenvalue weighted by Gasteiger charge is -2.13. The van der Waals surface area contributed by atoms with Crippen molar-refractivity contribution >= 4 is 32.9 Å². The molecule has 3 aromatic rings. The van der Waals surface area contributed by atoms with Crippen LogP contribution in [0.5, 0.6) is 0 Å². The van der Waals surface area contributed by atoms with E-state index in [1.165, 1.54) is 16.9 Å². The molecule has 1 atom stereocenters. The summed E-state index contributed by atoms with van der Waals surface area (Å²) in [6, 6.07) is 9.71. The van der Waals surface area contributed by atoms with E-state index in [1.54, 1.807) is 10.7 Å². The van der Waals surface area contributed by atoms with Crippen LogP contribution >= 0.6 is 11.3 Å². The van der Waals surface area contributed by atoms with Gasteiger partial charge in [0, 0.05) is 11.6 Å². The van der Waals surface area contributed by atoms with E-state index in [9.17, 15) is 13.2 Å². The van der Waals surface area contributed by atoms with E-state index >= 15 is 0 Å². The van der Waals surface area contributed by atoms with Crippen molar-refractivity contribution in [2.45, 2.75) is 39.7 Å². The van der Waals surface area contributed by atoms with Crippen LogP contribution in [0, 0.1) is 13.8 Å². The molecule has 0 radical (unpaired) electrons. The highest BCUT2D eigenvalue weighted by atomic mass is 32.2. The maximum absolute atomic E-state index is 13.0. The molecule has 0 saturated carbocycles. The summed E-state index contributed by atoms with van der Waals surface area (Å²) in [5.41, 5.74) is 3.63. The van der Waals surface area contributed by atoms with E-state index < -0.39 is 9.84 Å². The average molecular weight is 445 g/mol. The molecule has 158 valence electrons. The number of amides is 1. The van der Waals surface area contributed by atoms with E-state index in [0.29, 0.717) is 22.8 Å². The van der Waals surface area contributed by atoms with Crippen molar-refractivity contribution in [3.63, 3.8) is 0 Å². The number of sulfone groups is 1. The summed E-state index contributed by atoms with van der Waals surface area (Å²) in [5, 5.41) is 8.13. The Morgan fingerprint density at radius 2 is 2.00 bits per heavy atom. The molecular weight excluding hydrogens is 420 g/mol. The van der Waals surface area contributed by atoms with Gasteiger partial charge in [0.25, 0.3) is 5.91 Å². The van der Waals surface area contributed by atoms with Gasteiger partial charge in [-0.3, -0.25) is 4.79 Å². The Morgan fingerprint density at radius 3 is 2.63 bits per heavy atom. The molecule has 30 heavy (non-hydrogen) atoms. The quantitative estimate of drug-likeness (QED) is 0.646. The molecule has 1 saturated heterocycles. The van der Waals surface area contributed by atoms with Gasteiger partial charge in [-0.1, -0.05) is 31.2 Å². The summed E-state index contributed by atoms with van der Waals surface area (Å²) < 4.78 is 25.4. The smallest absolute Gasteiger partial charge is 0.268 e. The lowest BCUT2D eigenvalue weighted by Crippen LogP contribution is -2.19. The zero-order chi connectivity index (χ0) is 21.5. The van der Waals surface area contributed by atoms with Crippen LogP contribution in [0.3, 0.4) is 0 Å². The first-order valence-corrected chi connectivity index (χ1v) is 12.5. The molecule has 9 heteroatoms. The predicted octanol–water partition coefficient (Wildman–Crippen LogP) is 3.80. The van der Waals surface area contributed by atoms with Crippen molar-refractivity contribution in [1.82, 2.24) is 14.8 Å². The molecule has 0 spiro atoms. The fraction of sp³-hybridized carbons (Fsp3) is 0.381. The Balaban J connectivity index is 1.57. The molecule has 1 aliphatic heterocycles. The normalized spacial score (nSPS) is 17.9. The van der Waals surface area contributed by atoms with Gasteiger partial charge in [-0.2, -0.15) is 5.10 Å². The predicted molar refractivity (Wildman–Crippen MR) is 119 cm³/mol. The minimum Gasteiger partial charge on any atom is -0.306 e. The molecule has 1 N–H and O–H groups in total. The van der Waals surface area contributed by atoms with Gasteiger partial charge >= 0.3 is 0 Å². The van der Waals surface area contributed by atoms with Gasteiger partial charge in [0.2, 0.25) is 0 Å². The third kappa shape index (κ3) is 4.17. The van der Waals surface area contributed by atoms with Gasteiger partial charge in [0.15, 0.2) is 9.84 Å². The van der Waals surface area contributed by atoms with Gasteiger partial charge < -0.3 is 5.32 Å². The first kappa shape index (κ1) is 20.7. The van der Waals surface area contributed by atoms with Crippen molar-refractivity contribution in [3.05, 3.63) is 52.2 Å². The molecule has 0 bridgehead atoms. The van der Waals surface area contributed by atoms with E-state index in [-0.39, 0.29) is 23.5 Å². The van der Waals surface area contributed by atoms with E-state index in [1.807, 2.05) is 26.0 Å². The minimum atomic E-state index is -3.05. The summed E-state index contributed by atoms with van der Waals surface area (Å²) in [7, 11) is -3.05. The molecule has 1 aliphatic rings. The minimum absolute atomic E-state index is 0.0501. The number of carbonyl (C=O) groups is 1. The summed E-state index contributed by atoms with van der Waals surface area (Å²) in [4.78, 5) is 18.1. The van der Waals surface area contributed by atoms with Gasteiger partial charge in [-0.05, 0) is 32.3 Å². The van der Waals surface area contributed by atoms with Crippen molar-refractivity contribution < 1.29 is 13.2 Å². The van der Waals surface area contributed by atoms with Crippen LogP contribution in [0.1, 0.15) is 46.0 Å². The third-order valence-corrected chi connectivity index (χ3v) is 8.22. The second-order valence-electron chi connectivity index (χ2n) is 7.61. The van der Waals surface area contributed by atoms with Crippen LogP contribution in [0.15, 0.2) is 30.3 Å². The topological polar surface area (TPSA) is 93.9 Å². The Labute approximate surface area is 180 Å². The number of nitrogens with one attached hydrogen (secondary N) is 1. The number of carbonyl (C=O) groups excluding carboxylic acids is 1. The number of benzene rings is 1. The Kier molecular flexibility index (Phi) is 5.50. The standard InChI is InChI=1S/C21H24N4O3S2/c1-4-15-5-7-16(8-6-15)21-22-14(3)19(29-21)20(26)23-18-11-13(2)24-25(18)17-9-10-30(27,28)12-17/h5-8,11,17H,4,9-10,12H2,1-3H3,(H,23,26)/t17-/m1/s1. The highest BCUT2D eigenvalue weighted by molar-refractivity contribution is 7.91. The summed E-state index contributed by atoms with van der Waals surface area (Å²) >= 11 is 1.35. The van der Waals surface area contributed by atoms with E-state index in [4.69, 9.17) is 0 Å². The molecule has 0 aliphatic carbocycles. The highest BCUT2D eigenvalue weighted by Crippen LogP contribution is 2.30. The molecule has 1 fully saturated rings. The highest BCUT2D eigenvalue weighted by Gasteiger charge is 2.31. The van der Waals surface area contributed by atoms with Crippen LogP contribution in [0.25, 0.3) is 10.6 Å². The SMILES string of the molecule is CCc1ccc(-c2nc(C)c(C(=O)Nc3cc(C)nn3[C@@H]3CCS(=O)(=O)C3)s2)cc1. The summed E-state index contributed by atoms with van der Waals surface area (Å²) in [6.07, 6.45) is 1.48.